The average molecular weight is 374 g/mol. The zero-order valence-corrected chi connectivity index (χ0v) is 16.3. The van der Waals surface area contributed by atoms with Gasteiger partial charge in [0.25, 0.3) is 0 Å². The maximum atomic E-state index is 12.3. The number of carbonyl (C=O) groups excluding carboxylic acids is 2. The fourth-order valence-corrected chi connectivity index (χ4v) is 3.38. The van der Waals surface area contributed by atoms with Crippen molar-refractivity contribution in [3.8, 4) is 0 Å². The summed E-state index contributed by atoms with van der Waals surface area (Å²) >= 11 is 1.69. The summed E-state index contributed by atoms with van der Waals surface area (Å²) in [6.07, 6.45) is 1.73. The molecule has 0 unspecified atom stereocenters. The van der Waals surface area contributed by atoms with Gasteiger partial charge in [0.15, 0.2) is 0 Å². The van der Waals surface area contributed by atoms with Crippen LogP contribution in [0.15, 0.2) is 41.8 Å². The summed E-state index contributed by atoms with van der Waals surface area (Å²) in [6.45, 7) is 5.77. The van der Waals surface area contributed by atoms with Gasteiger partial charge in [-0.3, -0.25) is 14.5 Å². The molecule has 0 radical (unpaired) electrons. The Bertz CT molecular complexity index is 701. The summed E-state index contributed by atoms with van der Waals surface area (Å²) in [5.41, 5.74) is 1.84. The van der Waals surface area contributed by atoms with Crippen LogP contribution in [-0.4, -0.2) is 42.9 Å². The van der Waals surface area contributed by atoms with Crippen LogP contribution in [-0.2, 0) is 16.0 Å². The second-order valence-electron chi connectivity index (χ2n) is 6.25. The van der Waals surface area contributed by atoms with Crippen LogP contribution >= 0.6 is 11.3 Å². The highest BCUT2D eigenvalue weighted by molar-refractivity contribution is 7.09. The molecular formula is C20H27N3O2S. The number of hydrogen-bond donors (Lipinski definition) is 2. The predicted octanol–water partition coefficient (Wildman–Crippen LogP) is 3.07. The summed E-state index contributed by atoms with van der Waals surface area (Å²) in [5, 5.41) is 7.89. The molecule has 0 aliphatic heterocycles. The molecule has 26 heavy (non-hydrogen) atoms. The van der Waals surface area contributed by atoms with Gasteiger partial charge in [-0.25, -0.2) is 0 Å². The molecule has 0 atom stereocenters. The molecule has 1 aromatic heterocycles. The number of nitrogens with one attached hydrogen (secondary N) is 2. The number of benzene rings is 1. The van der Waals surface area contributed by atoms with Gasteiger partial charge < -0.3 is 10.6 Å². The van der Waals surface area contributed by atoms with Gasteiger partial charge in [0.2, 0.25) is 11.8 Å². The minimum absolute atomic E-state index is 0.0429. The van der Waals surface area contributed by atoms with Crippen molar-refractivity contribution in [1.82, 2.24) is 10.2 Å². The molecule has 0 aliphatic carbocycles. The standard InChI is InChI=1S/C20H27N3O2S/c1-3-12-23(14-19(24)21-11-10-17-8-6-13-26-17)15-20(25)22-18-9-5-4-7-16(18)2/h4-9,13H,3,10-12,14-15H2,1-2H3,(H,21,24)(H,22,25). The summed E-state index contributed by atoms with van der Waals surface area (Å²) in [7, 11) is 0. The molecule has 1 aromatic carbocycles. The third-order valence-electron chi connectivity index (χ3n) is 3.97. The van der Waals surface area contributed by atoms with Crippen LogP contribution in [0, 0.1) is 6.92 Å². The first-order valence-corrected chi connectivity index (χ1v) is 9.83. The minimum atomic E-state index is -0.0980. The maximum Gasteiger partial charge on any atom is 0.238 e. The van der Waals surface area contributed by atoms with Crippen LogP contribution < -0.4 is 10.6 Å². The Kier molecular flexibility index (Phi) is 8.31. The lowest BCUT2D eigenvalue weighted by atomic mass is 10.2. The largest absolute Gasteiger partial charge is 0.355 e. The van der Waals surface area contributed by atoms with E-state index < -0.39 is 0 Å². The van der Waals surface area contributed by atoms with Crippen LogP contribution in [0.3, 0.4) is 0 Å². The highest BCUT2D eigenvalue weighted by Gasteiger charge is 2.14. The van der Waals surface area contributed by atoms with Crippen LogP contribution in [0.5, 0.6) is 0 Å². The SMILES string of the molecule is CCCN(CC(=O)NCCc1cccs1)CC(=O)Nc1ccccc1C. The number of thiophene rings is 1. The number of aryl methyl sites for hydroxylation is 1. The lowest BCUT2D eigenvalue weighted by Crippen LogP contribution is -2.42. The molecule has 0 aliphatic rings. The Labute approximate surface area is 159 Å². The normalized spacial score (nSPS) is 10.7. The summed E-state index contributed by atoms with van der Waals surface area (Å²) < 4.78 is 0. The summed E-state index contributed by atoms with van der Waals surface area (Å²) in [5.74, 6) is -0.141. The number of nitrogens with zero attached hydrogens (tertiary/aromatic N) is 1. The Morgan fingerprint density at radius 1 is 1.08 bits per heavy atom. The van der Waals surface area contributed by atoms with Gasteiger partial charge in [-0.05, 0) is 49.4 Å². The van der Waals surface area contributed by atoms with Gasteiger partial charge in [0, 0.05) is 17.1 Å². The lowest BCUT2D eigenvalue weighted by Gasteiger charge is -2.21. The van der Waals surface area contributed by atoms with Crippen molar-refractivity contribution in [2.45, 2.75) is 26.7 Å². The van der Waals surface area contributed by atoms with Crippen molar-refractivity contribution in [2.75, 3.05) is 31.5 Å². The molecule has 0 saturated heterocycles. The molecular weight excluding hydrogens is 346 g/mol. The molecule has 0 spiro atoms. The molecule has 2 amide bonds. The van der Waals surface area contributed by atoms with Gasteiger partial charge in [-0.2, -0.15) is 0 Å². The first kappa shape index (κ1) is 20.1. The third kappa shape index (κ3) is 6.98. The number of para-hydroxylation sites is 1. The lowest BCUT2D eigenvalue weighted by molar-refractivity contribution is -0.123. The van der Waals surface area contributed by atoms with Crippen molar-refractivity contribution in [3.63, 3.8) is 0 Å². The van der Waals surface area contributed by atoms with Gasteiger partial charge in [0.1, 0.15) is 0 Å². The monoisotopic (exact) mass is 373 g/mol. The molecule has 0 bridgehead atoms. The van der Waals surface area contributed by atoms with Crippen LogP contribution in [0.25, 0.3) is 0 Å². The maximum absolute atomic E-state index is 12.3. The van der Waals surface area contributed by atoms with Crippen molar-refractivity contribution < 1.29 is 9.59 Å². The molecule has 2 N–H and O–H groups in total. The number of hydrogen-bond acceptors (Lipinski definition) is 4. The van der Waals surface area contributed by atoms with E-state index in [9.17, 15) is 9.59 Å². The molecule has 2 aromatic rings. The molecule has 1 heterocycles. The van der Waals surface area contributed by atoms with Crippen LogP contribution in [0.1, 0.15) is 23.8 Å². The van der Waals surface area contributed by atoms with Gasteiger partial charge in [0.05, 0.1) is 13.1 Å². The fraction of sp³-hybridized carbons (Fsp3) is 0.400. The van der Waals surface area contributed by atoms with E-state index >= 15 is 0 Å². The van der Waals surface area contributed by atoms with E-state index in [1.807, 2.05) is 54.5 Å². The zero-order valence-electron chi connectivity index (χ0n) is 15.5. The number of rotatable bonds is 10. The summed E-state index contributed by atoms with van der Waals surface area (Å²) in [6, 6.07) is 11.8. The Balaban J connectivity index is 1.78. The Morgan fingerprint density at radius 3 is 2.54 bits per heavy atom. The Hall–Kier alpha value is -2.18. The molecule has 0 saturated carbocycles. The van der Waals surface area contributed by atoms with Gasteiger partial charge >= 0.3 is 0 Å². The van der Waals surface area contributed by atoms with Crippen molar-refractivity contribution in [2.24, 2.45) is 0 Å². The van der Waals surface area contributed by atoms with E-state index in [1.165, 1.54) is 4.88 Å². The van der Waals surface area contributed by atoms with Gasteiger partial charge in [-0.15, -0.1) is 11.3 Å². The smallest absolute Gasteiger partial charge is 0.238 e. The molecule has 6 heteroatoms. The van der Waals surface area contributed by atoms with E-state index in [4.69, 9.17) is 0 Å². The topological polar surface area (TPSA) is 61.4 Å². The van der Waals surface area contributed by atoms with Crippen molar-refractivity contribution in [3.05, 3.63) is 52.2 Å². The Morgan fingerprint density at radius 2 is 1.85 bits per heavy atom. The molecule has 140 valence electrons. The summed E-state index contributed by atoms with van der Waals surface area (Å²) in [4.78, 5) is 27.6. The van der Waals surface area contributed by atoms with Gasteiger partial charge in [-0.1, -0.05) is 31.2 Å². The number of amides is 2. The highest BCUT2D eigenvalue weighted by atomic mass is 32.1. The highest BCUT2D eigenvalue weighted by Crippen LogP contribution is 2.13. The van der Waals surface area contributed by atoms with E-state index in [1.54, 1.807) is 11.3 Å². The van der Waals surface area contributed by atoms with Crippen LogP contribution in [0.4, 0.5) is 5.69 Å². The number of carbonyl (C=O) groups is 2. The fourth-order valence-electron chi connectivity index (χ4n) is 2.68. The van der Waals surface area contributed by atoms with E-state index in [0.29, 0.717) is 13.1 Å². The third-order valence-corrected chi connectivity index (χ3v) is 4.90. The number of anilines is 1. The van der Waals surface area contributed by atoms with E-state index in [0.717, 1.165) is 24.1 Å². The molecule has 2 rings (SSSR count). The second-order valence-corrected chi connectivity index (χ2v) is 7.29. The molecule has 0 fully saturated rings. The van der Waals surface area contributed by atoms with Crippen LogP contribution in [0.2, 0.25) is 0 Å². The zero-order chi connectivity index (χ0) is 18.8. The van der Waals surface area contributed by atoms with E-state index in [2.05, 4.69) is 16.7 Å². The quantitative estimate of drug-likeness (QED) is 0.673. The van der Waals surface area contributed by atoms with E-state index in [-0.39, 0.29) is 24.9 Å². The molecule has 5 nitrogen and oxygen atoms in total. The first-order chi connectivity index (χ1) is 12.6. The predicted molar refractivity (Wildman–Crippen MR) is 108 cm³/mol. The van der Waals surface area contributed by atoms with Crippen molar-refractivity contribution >= 4 is 28.8 Å². The van der Waals surface area contributed by atoms with Crippen molar-refractivity contribution in [1.29, 1.82) is 0 Å². The average Bonchev–Trinajstić information content (AvgIpc) is 3.10. The second kappa shape index (κ2) is 10.7. The minimum Gasteiger partial charge on any atom is -0.355 e. The first-order valence-electron chi connectivity index (χ1n) is 8.95.